The van der Waals surface area contributed by atoms with E-state index in [1.165, 1.54) is 5.56 Å². The minimum Gasteiger partial charge on any atom is -0.346 e. The van der Waals surface area contributed by atoms with E-state index in [-0.39, 0.29) is 0 Å². The van der Waals surface area contributed by atoms with Crippen LogP contribution in [0.1, 0.15) is 12.5 Å². The highest BCUT2D eigenvalue weighted by Crippen LogP contribution is 2.15. The van der Waals surface area contributed by atoms with Crippen molar-refractivity contribution in [2.24, 2.45) is 4.99 Å². The number of hydrogen-bond acceptors (Lipinski definition) is 1. The molecule has 0 saturated carbocycles. The molecular weight excluding hydrogens is 160 g/mol. The van der Waals surface area contributed by atoms with E-state index in [0.29, 0.717) is 0 Å². The fourth-order valence-corrected chi connectivity index (χ4v) is 1.09. The second kappa shape index (κ2) is 5.14. The Hall–Kier alpha value is -1.57. The molecule has 2 nitrogen and oxygen atoms in total. The zero-order chi connectivity index (χ0) is 9.52. The normalized spacial score (nSPS) is 11.2. The Labute approximate surface area is 79.0 Å². The van der Waals surface area contributed by atoms with E-state index in [2.05, 4.69) is 22.5 Å². The molecule has 0 bridgehead atoms. The van der Waals surface area contributed by atoms with E-state index in [1.54, 1.807) is 13.4 Å². The Bertz CT molecular complexity index is 314. The lowest BCUT2D eigenvalue weighted by atomic mass is 10.1. The summed E-state index contributed by atoms with van der Waals surface area (Å²) in [5, 5.41) is 3.10. The van der Waals surface area contributed by atoms with Crippen LogP contribution in [0.2, 0.25) is 0 Å². The van der Waals surface area contributed by atoms with Crippen LogP contribution in [-0.2, 0) is 0 Å². The molecule has 0 saturated heterocycles. The van der Waals surface area contributed by atoms with Crippen LogP contribution in [-0.4, -0.2) is 13.4 Å². The van der Waals surface area contributed by atoms with Crippen molar-refractivity contribution in [1.82, 2.24) is 0 Å². The topological polar surface area (TPSA) is 24.4 Å². The molecule has 1 aromatic rings. The third-order valence-corrected chi connectivity index (χ3v) is 1.66. The summed E-state index contributed by atoms with van der Waals surface area (Å²) in [7, 11) is 1.74. The molecule has 0 aliphatic rings. The molecule has 0 aliphatic carbocycles. The van der Waals surface area contributed by atoms with E-state index in [4.69, 9.17) is 0 Å². The van der Waals surface area contributed by atoms with Crippen LogP contribution < -0.4 is 5.32 Å². The van der Waals surface area contributed by atoms with Gasteiger partial charge in [-0.2, -0.15) is 0 Å². The van der Waals surface area contributed by atoms with Crippen molar-refractivity contribution in [3.63, 3.8) is 0 Å². The van der Waals surface area contributed by atoms with Gasteiger partial charge in [0, 0.05) is 12.7 Å². The number of aliphatic imine (C=N–C) groups is 1. The second-order valence-corrected chi connectivity index (χ2v) is 2.62. The highest BCUT2D eigenvalue weighted by Gasteiger charge is 1.93. The van der Waals surface area contributed by atoms with Crippen LogP contribution >= 0.6 is 0 Å². The first-order chi connectivity index (χ1) is 6.38. The highest BCUT2D eigenvalue weighted by molar-refractivity contribution is 5.80. The van der Waals surface area contributed by atoms with Gasteiger partial charge in [0.1, 0.15) is 0 Å². The van der Waals surface area contributed by atoms with Crippen molar-refractivity contribution in [3.8, 4) is 0 Å². The van der Waals surface area contributed by atoms with Crippen LogP contribution in [0.5, 0.6) is 0 Å². The maximum absolute atomic E-state index is 3.87. The molecule has 0 aliphatic heterocycles. The van der Waals surface area contributed by atoms with E-state index in [1.807, 2.05) is 31.2 Å². The molecule has 1 N–H and O–H groups in total. The van der Waals surface area contributed by atoms with E-state index < -0.39 is 0 Å². The Kier molecular flexibility index (Phi) is 3.76. The average molecular weight is 174 g/mol. The van der Waals surface area contributed by atoms with Crippen LogP contribution in [0.4, 0.5) is 5.69 Å². The average Bonchev–Trinajstić information content (AvgIpc) is 2.17. The van der Waals surface area contributed by atoms with Crippen molar-refractivity contribution in [3.05, 3.63) is 35.9 Å². The lowest BCUT2D eigenvalue weighted by Crippen LogP contribution is -1.95. The standard InChI is InChI=1S/C11H14N2/c1-3-6-10-7-4-5-8-11(10)13-9-12-2/h3-9H,1-2H3,(H,12,13)/b6-3-. The summed E-state index contributed by atoms with van der Waals surface area (Å²) in [4.78, 5) is 3.87. The van der Waals surface area contributed by atoms with E-state index in [0.717, 1.165) is 5.69 Å². The van der Waals surface area contributed by atoms with Gasteiger partial charge in [0.25, 0.3) is 0 Å². The Morgan fingerprint density at radius 3 is 2.77 bits per heavy atom. The number of rotatable bonds is 3. The summed E-state index contributed by atoms with van der Waals surface area (Å²) in [6, 6.07) is 8.10. The second-order valence-electron chi connectivity index (χ2n) is 2.62. The molecule has 0 heterocycles. The number of para-hydroxylation sites is 1. The minimum atomic E-state index is 1.08. The van der Waals surface area contributed by atoms with Crippen LogP contribution in [0.15, 0.2) is 35.3 Å². The number of allylic oxidation sites excluding steroid dienone is 1. The van der Waals surface area contributed by atoms with Gasteiger partial charge in [0.05, 0.1) is 6.34 Å². The molecule has 1 aromatic carbocycles. The van der Waals surface area contributed by atoms with Gasteiger partial charge in [0.15, 0.2) is 0 Å². The van der Waals surface area contributed by atoms with E-state index in [9.17, 15) is 0 Å². The summed E-state index contributed by atoms with van der Waals surface area (Å²) < 4.78 is 0. The first kappa shape index (κ1) is 9.52. The van der Waals surface area contributed by atoms with Gasteiger partial charge in [-0.3, -0.25) is 4.99 Å². The Balaban J connectivity index is 2.90. The summed E-state index contributed by atoms with van der Waals surface area (Å²) in [6.45, 7) is 2.00. The predicted molar refractivity (Wildman–Crippen MR) is 59.2 cm³/mol. The third-order valence-electron chi connectivity index (χ3n) is 1.66. The minimum absolute atomic E-state index is 1.08. The molecule has 0 unspecified atom stereocenters. The van der Waals surface area contributed by atoms with Crippen molar-refractivity contribution in [2.75, 3.05) is 12.4 Å². The lowest BCUT2D eigenvalue weighted by Gasteiger charge is -2.03. The van der Waals surface area contributed by atoms with Crippen molar-refractivity contribution in [1.29, 1.82) is 0 Å². The largest absolute Gasteiger partial charge is 0.346 e. The molecule has 0 spiro atoms. The first-order valence-electron chi connectivity index (χ1n) is 4.27. The quantitative estimate of drug-likeness (QED) is 0.553. The Morgan fingerprint density at radius 1 is 1.31 bits per heavy atom. The summed E-state index contributed by atoms with van der Waals surface area (Å²) in [5.41, 5.74) is 2.25. The highest BCUT2D eigenvalue weighted by atomic mass is 14.9. The van der Waals surface area contributed by atoms with Gasteiger partial charge in [-0.15, -0.1) is 0 Å². The zero-order valence-electron chi connectivity index (χ0n) is 7.99. The van der Waals surface area contributed by atoms with Crippen LogP contribution in [0.3, 0.4) is 0 Å². The molecular formula is C11H14N2. The summed E-state index contributed by atoms with van der Waals surface area (Å²) >= 11 is 0. The summed E-state index contributed by atoms with van der Waals surface area (Å²) in [6.07, 6.45) is 5.76. The first-order valence-corrected chi connectivity index (χ1v) is 4.27. The van der Waals surface area contributed by atoms with Crippen molar-refractivity contribution >= 4 is 18.1 Å². The molecule has 0 radical (unpaired) electrons. The molecule has 0 aromatic heterocycles. The van der Waals surface area contributed by atoms with Gasteiger partial charge >= 0.3 is 0 Å². The number of nitrogens with one attached hydrogen (secondary N) is 1. The van der Waals surface area contributed by atoms with Gasteiger partial charge in [-0.25, -0.2) is 0 Å². The molecule has 0 fully saturated rings. The monoisotopic (exact) mass is 174 g/mol. The van der Waals surface area contributed by atoms with Gasteiger partial charge in [-0.05, 0) is 18.6 Å². The predicted octanol–water partition coefficient (Wildman–Crippen LogP) is 2.79. The molecule has 2 heteroatoms. The van der Waals surface area contributed by atoms with Gasteiger partial charge in [0.2, 0.25) is 0 Å². The maximum Gasteiger partial charge on any atom is 0.0864 e. The zero-order valence-corrected chi connectivity index (χ0v) is 7.99. The van der Waals surface area contributed by atoms with Crippen LogP contribution in [0.25, 0.3) is 6.08 Å². The van der Waals surface area contributed by atoms with Crippen LogP contribution in [0, 0.1) is 0 Å². The lowest BCUT2D eigenvalue weighted by molar-refractivity contribution is 1.45. The smallest absolute Gasteiger partial charge is 0.0864 e. The van der Waals surface area contributed by atoms with Gasteiger partial charge in [-0.1, -0.05) is 30.4 Å². The van der Waals surface area contributed by atoms with Crippen molar-refractivity contribution in [2.45, 2.75) is 6.92 Å². The number of benzene rings is 1. The fraction of sp³-hybridized carbons (Fsp3) is 0.182. The van der Waals surface area contributed by atoms with E-state index >= 15 is 0 Å². The molecule has 13 heavy (non-hydrogen) atoms. The maximum atomic E-state index is 3.87. The van der Waals surface area contributed by atoms with Crippen molar-refractivity contribution < 1.29 is 0 Å². The Morgan fingerprint density at radius 2 is 2.08 bits per heavy atom. The number of hydrogen-bond donors (Lipinski definition) is 1. The molecule has 1 rings (SSSR count). The van der Waals surface area contributed by atoms with Gasteiger partial charge < -0.3 is 5.32 Å². The summed E-state index contributed by atoms with van der Waals surface area (Å²) in [5.74, 6) is 0. The number of anilines is 1. The SMILES string of the molecule is C/C=C\c1ccccc1NC=NC. The molecule has 0 atom stereocenters. The molecule has 0 amide bonds. The number of nitrogens with zero attached hydrogens (tertiary/aromatic N) is 1. The molecule has 68 valence electrons. The fourth-order valence-electron chi connectivity index (χ4n) is 1.09. The third kappa shape index (κ3) is 2.75.